The summed E-state index contributed by atoms with van der Waals surface area (Å²) in [5.41, 5.74) is 4.79. The van der Waals surface area contributed by atoms with Crippen LogP contribution >= 0.6 is 0 Å². The second-order valence-electron chi connectivity index (χ2n) is 8.07. The maximum atomic E-state index is 13.0. The number of hydrogen-bond acceptors (Lipinski definition) is 4. The van der Waals surface area contributed by atoms with E-state index in [2.05, 4.69) is 34.7 Å². The summed E-state index contributed by atoms with van der Waals surface area (Å²) in [5.74, 6) is 0. The van der Waals surface area contributed by atoms with Crippen molar-refractivity contribution in [3.63, 3.8) is 0 Å². The zero-order valence-electron chi connectivity index (χ0n) is 17.1. The van der Waals surface area contributed by atoms with Crippen molar-refractivity contribution in [2.45, 2.75) is 43.5 Å². The van der Waals surface area contributed by atoms with Crippen LogP contribution in [0, 0.1) is 6.92 Å². The summed E-state index contributed by atoms with van der Waals surface area (Å²) in [7, 11) is -3.55. The van der Waals surface area contributed by atoms with Gasteiger partial charge in [-0.15, -0.1) is 0 Å². The van der Waals surface area contributed by atoms with E-state index in [0.29, 0.717) is 24.7 Å². The van der Waals surface area contributed by atoms with E-state index in [1.807, 2.05) is 18.2 Å². The quantitative estimate of drug-likeness (QED) is 0.789. The first-order valence-electron chi connectivity index (χ1n) is 10.5. The minimum absolute atomic E-state index is 0.00815. The number of morpholine rings is 1. The van der Waals surface area contributed by atoms with Crippen LogP contribution in [0.2, 0.25) is 0 Å². The van der Waals surface area contributed by atoms with Gasteiger partial charge in [0.25, 0.3) is 0 Å². The smallest absolute Gasteiger partial charge is 0.240 e. The predicted molar refractivity (Wildman–Crippen MR) is 115 cm³/mol. The molecule has 5 nitrogen and oxygen atoms in total. The van der Waals surface area contributed by atoms with Gasteiger partial charge in [0.05, 0.1) is 18.1 Å². The molecule has 0 radical (unpaired) electrons. The molecule has 1 aliphatic carbocycles. The molecule has 0 spiro atoms. The number of rotatable bonds is 6. The van der Waals surface area contributed by atoms with Crippen molar-refractivity contribution in [3.8, 4) is 0 Å². The molecular weight excluding hydrogens is 384 g/mol. The number of aryl methyl sites for hydroxylation is 3. The van der Waals surface area contributed by atoms with Gasteiger partial charge in [-0.25, -0.2) is 13.1 Å². The maximum Gasteiger partial charge on any atom is 0.240 e. The zero-order chi connectivity index (χ0) is 20.3. The Bertz CT molecular complexity index is 952. The number of hydrogen-bond donors (Lipinski definition) is 1. The van der Waals surface area contributed by atoms with Crippen molar-refractivity contribution in [1.29, 1.82) is 0 Å². The van der Waals surface area contributed by atoms with Crippen LogP contribution in [0.3, 0.4) is 0 Å². The van der Waals surface area contributed by atoms with E-state index in [-0.39, 0.29) is 6.04 Å². The molecule has 1 aliphatic heterocycles. The average Bonchev–Trinajstić information content (AvgIpc) is 2.74. The summed E-state index contributed by atoms with van der Waals surface area (Å²) in [6.45, 7) is 5.39. The molecule has 1 heterocycles. The normalized spacial score (nSPS) is 18.9. The molecule has 1 N–H and O–H groups in total. The minimum atomic E-state index is -3.55. The first-order chi connectivity index (χ1) is 14.0. The molecule has 29 heavy (non-hydrogen) atoms. The lowest BCUT2D eigenvalue weighted by molar-refractivity contribution is 0.0172. The summed E-state index contributed by atoms with van der Waals surface area (Å²) >= 11 is 0. The van der Waals surface area contributed by atoms with Gasteiger partial charge in [-0.05, 0) is 61.4 Å². The third-order valence-electron chi connectivity index (χ3n) is 6.01. The maximum absolute atomic E-state index is 13.0. The number of fused-ring (bicyclic) bond motifs is 1. The summed E-state index contributed by atoms with van der Waals surface area (Å²) < 4.78 is 34.5. The van der Waals surface area contributed by atoms with Gasteiger partial charge in [-0.1, -0.05) is 35.9 Å². The Morgan fingerprint density at radius 1 is 1.03 bits per heavy atom. The Labute approximate surface area is 174 Å². The number of benzene rings is 2. The van der Waals surface area contributed by atoms with E-state index in [4.69, 9.17) is 4.74 Å². The highest BCUT2D eigenvalue weighted by Crippen LogP contribution is 2.26. The Kier molecular flexibility index (Phi) is 6.35. The standard InChI is InChI=1S/C23H30N2O3S/c1-18-5-4-8-21(15-18)23(25-11-13-28-14-12-25)17-24-29(26,27)22-10-9-19-6-2-3-7-20(19)16-22/h4-5,8-10,15-16,23-24H,2-3,6-7,11-14,17H2,1H3. The van der Waals surface area contributed by atoms with Gasteiger partial charge in [-0.2, -0.15) is 0 Å². The second kappa shape index (κ2) is 8.96. The predicted octanol–water partition coefficient (Wildman–Crippen LogP) is 3.23. The van der Waals surface area contributed by atoms with E-state index < -0.39 is 10.0 Å². The molecule has 0 aromatic heterocycles. The lowest BCUT2D eigenvalue weighted by atomic mass is 9.92. The van der Waals surface area contributed by atoms with Gasteiger partial charge < -0.3 is 4.74 Å². The molecule has 6 heteroatoms. The van der Waals surface area contributed by atoms with E-state index in [1.54, 1.807) is 6.07 Å². The Morgan fingerprint density at radius 3 is 2.55 bits per heavy atom. The first kappa shape index (κ1) is 20.5. The van der Waals surface area contributed by atoms with Gasteiger partial charge in [0.1, 0.15) is 0 Å². The number of sulfonamides is 1. The SMILES string of the molecule is Cc1cccc(C(CNS(=O)(=O)c2ccc3c(c2)CCCC3)N2CCOCC2)c1. The lowest BCUT2D eigenvalue weighted by Gasteiger charge is -2.35. The van der Waals surface area contributed by atoms with Crippen molar-refractivity contribution in [1.82, 2.24) is 9.62 Å². The molecule has 2 aromatic rings. The highest BCUT2D eigenvalue weighted by molar-refractivity contribution is 7.89. The third-order valence-corrected chi connectivity index (χ3v) is 7.43. The highest BCUT2D eigenvalue weighted by atomic mass is 32.2. The molecule has 1 saturated heterocycles. The molecule has 1 fully saturated rings. The number of ether oxygens (including phenoxy) is 1. The number of nitrogens with zero attached hydrogens (tertiary/aromatic N) is 1. The molecule has 0 amide bonds. The third kappa shape index (κ3) is 4.89. The van der Waals surface area contributed by atoms with E-state index in [0.717, 1.165) is 37.9 Å². The van der Waals surface area contributed by atoms with Crippen molar-refractivity contribution >= 4 is 10.0 Å². The molecule has 156 valence electrons. The number of nitrogens with one attached hydrogen (secondary N) is 1. The van der Waals surface area contributed by atoms with Crippen molar-refractivity contribution in [3.05, 3.63) is 64.7 Å². The van der Waals surface area contributed by atoms with Crippen molar-refractivity contribution in [2.75, 3.05) is 32.8 Å². The molecule has 2 aliphatic rings. The van der Waals surface area contributed by atoms with Crippen molar-refractivity contribution in [2.24, 2.45) is 0 Å². The lowest BCUT2D eigenvalue weighted by Crippen LogP contribution is -2.43. The largest absolute Gasteiger partial charge is 0.379 e. The van der Waals surface area contributed by atoms with Crippen LogP contribution in [0.15, 0.2) is 47.4 Å². The monoisotopic (exact) mass is 414 g/mol. The Balaban J connectivity index is 1.54. The fourth-order valence-corrected chi connectivity index (χ4v) is 5.46. The molecule has 4 rings (SSSR count). The Morgan fingerprint density at radius 2 is 1.79 bits per heavy atom. The zero-order valence-corrected chi connectivity index (χ0v) is 17.9. The Hall–Kier alpha value is -1.73. The topological polar surface area (TPSA) is 58.6 Å². The van der Waals surface area contributed by atoms with Crippen LogP contribution in [-0.2, 0) is 27.6 Å². The van der Waals surface area contributed by atoms with Crippen LogP contribution < -0.4 is 4.72 Å². The van der Waals surface area contributed by atoms with Gasteiger partial charge in [-0.3, -0.25) is 4.90 Å². The van der Waals surface area contributed by atoms with Gasteiger partial charge >= 0.3 is 0 Å². The molecule has 2 aromatic carbocycles. The van der Waals surface area contributed by atoms with Gasteiger partial charge in [0.15, 0.2) is 0 Å². The fraction of sp³-hybridized carbons (Fsp3) is 0.478. The summed E-state index contributed by atoms with van der Waals surface area (Å²) in [4.78, 5) is 2.69. The average molecular weight is 415 g/mol. The second-order valence-corrected chi connectivity index (χ2v) is 9.83. The molecule has 1 atom stereocenters. The van der Waals surface area contributed by atoms with Gasteiger partial charge in [0, 0.05) is 25.7 Å². The van der Waals surface area contributed by atoms with Crippen LogP contribution in [0.25, 0.3) is 0 Å². The van der Waals surface area contributed by atoms with Crippen LogP contribution in [0.1, 0.15) is 41.1 Å². The molecule has 0 saturated carbocycles. The van der Waals surface area contributed by atoms with Crippen LogP contribution in [-0.4, -0.2) is 46.2 Å². The van der Waals surface area contributed by atoms with E-state index in [9.17, 15) is 8.42 Å². The summed E-state index contributed by atoms with van der Waals surface area (Å²) in [6, 6.07) is 13.9. The van der Waals surface area contributed by atoms with Crippen LogP contribution in [0.5, 0.6) is 0 Å². The minimum Gasteiger partial charge on any atom is -0.379 e. The highest BCUT2D eigenvalue weighted by Gasteiger charge is 2.25. The van der Waals surface area contributed by atoms with E-state index >= 15 is 0 Å². The van der Waals surface area contributed by atoms with Gasteiger partial charge in [0.2, 0.25) is 10.0 Å². The summed E-state index contributed by atoms with van der Waals surface area (Å²) in [6.07, 6.45) is 4.35. The molecule has 1 unspecified atom stereocenters. The van der Waals surface area contributed by atoms with Crippen molar-refractivity contribution < 1.29 is 13.2 Å². The molecule has 0 bridgehead atoms. The first-order valence-corrected chi connectivity index (χ1v) is 12.0. The fourth-order valence-electron chi connectivity index (χ4n) is 4.37. The summed E-state index contributed by atoms with van der Waals surface area (Å²) in [5, 5.41) is 0. The van der Waals surface area contributed by atoms with E-state index in [1.165, 1.54) is 23.1 Å². The van der Waals surface area contributed by atoms with Crippen LogP contribution in [0.4, 0.5) is 0 Å². The molecular formula is C23H30N2O3S.